The number of carbonyl (C=O) groups is 1. The highest BCUT2D eigenvalue weighted by Crippen LogP contribution is 2.21. The summed E-state index contributed by atoms with van der Waals surface area (Å²) in [6, 6.07) is 9.18. The number of sulfonamides is 1. The summed E-state index contributed by atoms with van der Waals surface area (Å²) in [7, 11) is -3.78. The van der Waals surface area contributed by atoms with Crippen LogP contribution in [0.5, 0.6) is 0 Å². The number of aryl methyl sites for hydroxylation is 2. The summed E-state index contributed by atoms with van der Waals surface area (Å²) in [5.74, 6) is -0.106. The highest BCUT2D eigenvalue weighted by Gasteiger charge is 2.23. The van der Waals surface area contributed by atoms with Crippen molar-refractivity contribution in [3.8, 4) is 0 Å². The number of fused-ring (bicyclic) bond motifs is 1. The lowest BCUT2D eigenvalue weighted by atomic mass is 10.2. The van der Waals surface area contributed by atoms with Crippen molar-refractivity contribution in [3.63, 3.8) is 0 Å². The van der Waals surface area contributed by atoms with Crippen molar-refractivity contribution >= 4 is 32.5 Å². The van der Waals surface area contributed by atoms with E-state index in [4.69, 9.17) is 4.52 Å². The van der Waals surface area contributed by atoms with Crippen molar-refractivity contribution < 1.29 is 17.7 Å². The summed E-state index contributed by atoms with van der Waals surface area (Å²) in [6.07, 6.45) is 1.63. The molecule has 3 rings (SSSR count). The second-order valence-electron chi connectivity index (χ2n) is 5.73. The molecule has 2 N–H and O–H groups in total. The Hall–Kier alpha value is -2.78. The normalized spacial score (nSPS) is 11.6. The molecule has 0 aliphatic heterocycles. The highest BCUT2D eigenvalue weighted by molar-refractivity contribution is 7.89. The summed E-state index contributed by atoms with van der Waals surface area (Å²) < 4.78 is 31.9. The molecule has 0 aliphatic rings. The van der Waals surface area contributed by atoms with Crippen LogP contribution in [0.3, 0.4) is 0 Å². The number of nitrogens with one attached hydrogen (secondary N) is 2. The Labute approximate surface area is 150 Å². The first-order valence-electron chi connectivity index (χ1n) is 7.94. The number of pyridine rings is 1. The second kappa shape index (κ2) is 7.22. The predicted molar refractivity (Wildman–Crippen MR) is 96.2 cm³/mol. The van der Waals surface area contributed by atoms with Crippen molar-refractivity contribution in [3.05, 3.63) is 48.0 Å². The number of aromatic nitrogens is 2. The van der Waals surface area contributed by atoms with Gasteiger partial charge in [-0.3, -0.25) is 9.78 Å². The van der Waals surface area contributed by atoms with Gasteiger partial charge in [0.05, 0.1) is 11.2 Å². The minimum atomic E-state index is -3.78. The van der Waals surface area contributed by atoms with E-state index in [1.807, 2.05) is 24.3 Å². The summed E-state index contributed by atoms with van der Waals surface area (Å²) in [4.78, 5) is 16.4. The fourth-order valence-electron chi connectivity index (χ4n) is 2.65. The Bertz CT molecular complexity index is 1030. The molecule has 26 heavy (non-hydrogen) atoms. The van der Waals surface area contributed by atoms with E-state index < -0.39 is 10.0 Å². The van der Waals surface area contributed by atoms with Gasteiger partial charge in [0, 0.05) is 24.5 Å². The van der Waals surface area contributed by atoms with Gasteiger partial charge in [-0.1, -0.05) is 23.4 Å². The molecule has 1 aromatic carbocycles. The average molecular weight is 374 g/mol. The lowest BCUT2D eigenvalue weighted by Crippen LogP contribution is -2.28. The molecule has 0 bridgehead atoms. The Kier molecular flexibility index (Phi) is 5.01. The van der Waals surface area contributed by atoms with Crippen LogP contribution in [-0.4, -0.2) is 31.0 Å². The van der Waals surface area contributed by atoms with E-state index in [-0.39, 0.29) is 35.2 Å². The van der Waals surface area contributed by atoms with Gasteiger partial charge in [0.25, 0.3) is 0 Å². The van der Waals surface area contributed by atoms with E-state index in [1.165, 1.54) is 6.92 Å². The van der Waals surface area contributed by atoms with Gasteiger partial charge in [-0.05, 0) is 26.0 Å². The number of benzene rings is 1. The number of rotatable bonds is 6. The highest BCUT2D eigenvalue weighted by atomic mass is 32.2. The van der Waals surface area contributed by atoms with Crippen LogP contribution in [0.25, 0.3) is 10.9 Å². The Balaban J connectivity index is 1.63. The maximum Gasteiger partial charge on any atom is 0.245 e. The summed E-state index contributed by atoms with van der Waals surface area (Å²) >= 11 is 0. The molecule has 0 fully saturated rings. The van der Waals surface area contributed by atoms with Gasteiger partial charge in [-0.2, -0.15) is 0 Å². The van der Waals surface area contributed by atoms with E-state index in [2.05, 4.69) is 20.2 Å². The minimum absolute atomic E-state index is 0.0103. The van der Waals surface area contributed by atoms with Crippen molar-refractivity contribution in [2.45, 2.75) is 25.2 Å². The number of anilines is 1. The van der Waals surface area contributed by atoms with Crippen molar-refractivity contribution in [2.24, 2.45) is 0 Å². The zero-order valence-corrected chi connectivity index (χ0v) is 15.1. The Morgan fingerprint density at radius 1 is 1.19 bits per heavy atom. The molecule has 0 saturated carbocycles. The van der Waals surface area contributed by atoms with Crippen LogP contribution < -0.4 is 10.0 Å². The fourth-order valence-corrected chi connectivity index (χ4v) is 4.00. The first-order chi connectivity index (χ1) is 12.4. The molecule has 0 aliphatic carbocycles. The summed E-state index contributed by atoms with van der Waals surface area (Å²) in [5.41, 5.74) is 1.54. The molecule has 2 heterocycles. The monoisotopic (exact) mass is 374 g/mol. The van der Waals surface area contributed by atoms with Crippen molar-refractivity contribution in [1.82, 2.24) is 14.9 Å². The van der Waals surface area contributed by atoms with Crippen molar-refractivity contribution in [1.29, 1.82) is 0 Å². The van der Waals surface area contributed by atoms with Crippen molar-refractivity contribution in [2.75, 3.05) is 11.9 Å². The van der Waals surface area contributed by atoms with Gasteiger partial charge < -0.3 is 9.84 Å². The first-order valence-corrected chi connectivity index (χ1v) is 9.43. The summed E-state index contributed by atoms with van der Waals surface area (Å²) in [5, 5.41) is 7.30. The van der Waals surface area contributed by atoms with Gasteiger partial charge >= 0.3 is 0 Å². The standard InChI is InChI=1S/C17H18N4O4S/c1-11-17(12(2)25-21-11)26(23,24)19-10-8-15(22)20-14-7-3-5-13-6-4-9-18-16(13)14/h3-7,9,19H,8,10H2,1-2H3,(H,20,22). The molecule has 1 amide bonds. The lowest BCUT2D eigenvalue weighted by molar-refractivity contribution is -0.116. The maximum absolute atomic E-state index is 12.3. The van der Waals surface area contributed by atoms with Crippen LogP contribution in [0.4, 0.5) is 5.69 Å². The van der Waals surface area contributed by atoms with E-state index in [0.29, 0.717) is 11.2 Å². The molecule has 9 heteroatoms. The largest absolute Gasteiger partial charge is 0.360 e. The molecule has 0 unspecified atom stereocenters. The zero-order valence-electron chi connectivity index (χ0n) is 14.3. The van der Waals surface area contributed by atoms with Crippen LogP contribution >= 0.6 is 0 Å². The first kappa shape index (κ1) is 18.0. The number of amides is 1. The maximum atomic E-state index is 12.3. The minimum Gasteiger partial charge on any atom is -0.360 e. The Morgan fingerprint density at radius 3 is 2.69 bits per heavy atom. The molecule has 0 radical (unpaired) electrons. The second-order valence-corrected chi connectivity index (χ2v) is 7.43. The molecule has 136 valence electrons. The molecular weight excluding hydrogens is 356 g/mol. The summed E-state index contributed by atoms with van der Waals surface area (Å²) in [6.45, 7) is 3.02. The van der Waals surface area contributed by atoms with Crippen LogP contribution in [0.15, 0.2) is 45.9 Å². The predicted octanol–water partition coefficient (Wildman–Crippen LogP) is 2.15. The third kappa shape index (κ3) is 3.73. The number of hydrogen-bond donors (Lipinski definition) is 2. The third-order valence-electron chi connectivity index (χ3n) is 3.79. The lowest BCUT2D eigenvalue weighted by Gasteiger charge is -2.09. The zero-order chi connectivity index (χ0) is 18.7. The van der Waals surface area contributed by atoms with E-state index >= 15 is 0 Å². The van der Waals surface area contributed by atoms with Gasteiger partial charge in [0.2, 0.25) is 15.9 Å². The Morgan fingerprint density at radius 2 is 1.96 bits per heavy atom. The SMILES string of the molecule is Cc1noc(C)c1S(=O)(=O)NCCC(=O)Nc1cccc2cccnc12. The molecule has 0 atom stereocenters. The van der Waals surface area contributed by atoms with Crippen LogP contribution in [-0.2, 0) is 14.8 Å². The molecular formula is C17H18N4O4S. The van der Waals surface area contributed by atoms with Gasteiger partial charge in [-0.25, -0.2) is 13.1 Å². The topological polar surface area (TPSA) is 114 Å². The smallest absolute Gasteiger partial charge is 0.245 e. The molecule has 2 aromatic heterocycles. The van der Waals surface area contributed by atoms with E-state index in [1.54, 1.807) is 19.2 Å². The molecule has 0 saturated heterocycles. The fraction of sp³-hybridized carbons (Fsp3) is 0.235. The van der Waals surface area contributed by atoms with Gasteiger partial charge in [0.1, 0.15) is 10.6 Å². The number of para-hydroxylation sites is 1. The molecule has 0 spiro atoms. The quantitative estimate of drug-likeness (QED) is 0.683. The number of carbonyl (C=O) groups excluding carboxylic acids is 1. The van der Waals surface area contributed by atoms with Gasteiger partial charge in [-0.15, -0.1) is 0 Å². The van der Waals surface area contributed by atoms with Crippen LogP contribution in [0, 0.1) is 13.8 Å². The average Bonchev–Trinajstić information content (AvgIpc) is 2.94. The molecule has 3 aromatic rings. The van der Waals surface area contributed by atoms with E-state index in [0.717, 1.165) is 5.39 Å². The number of hydrogen-bond acceptors (Lipinski definition) is 6. The van der Waals surface area contributed by atoms with Gasteiger partial charge in [0.15, 0.2) is 5.76 Å². The number of nitrogens with zero attached hydrogens (tertiary/aromatic N) is 2. The van der Waals surface area contributed by atoms with E-state index in [9.17, 15) is 13.2 Å². The third-order valence-corrected chi connectivity index (χ3v) is 5.49. The van der Waals surface area contributed by atoms with Crippen LogP contribution in [0.2, 0.25) is 0 Å². The van der Waals surface area contributed by atoms with Crippen LogP contribution in [0.1, 0.15) is 17.9 Å². The molecule has 8 nitrogen and oxygen atoms in total.